The van der Waals surface area contributed by atoms with Gasteiger partial charge in [-0.05, 0) is 29.8 Å². The average molecular weight is 337 g/mol. The Bertz CT molecular complexity index is 896. The van der Waals surface area contributed by atoms with Crippen LogP contribution in [-0.2, 0) is 4.74 Å². The number of hydrogen-bond donors (Lipinski definition) is 2. The molecule has 0 bridgehead atoms. The van der Waals surface area contributed by atoms with Gasteiger partial charge in [0.15, 0.2) is 0 Å². The fourth-order valence-electron chi connectivity index (χ4n) is 3.53. The Morgan fingerprint density at radius 2 is 2.00 bits per heavy atom. The minimum absolute atomic E-state index is 0.0546. The number of nitrogens with one attached hydrogen (secondary N) is 2. The summed E-state index contributed by atoms with van der Waals surface area (Å²) in [5, 5.41) is 6.53. The van der Waals surface area contributed by atoms with Crippen LogP contribution in [0.1, 0.15) is 17.4 Å². The predicted octanol–water partition coefficient (Wildman–Crippen LogP) is 2.77. The van der Waals surface area contributed by atoms with E-state index in [1.54, 1.807) is 0 Å². The molecule has 0 aliphatic carbocycles. The van der Waals surface area contributed by atoms with E-state index < -0.39 is 0 Å². The monoisotopic (exact) mass is 337 g/mol. The van der Waals surface area contributed by atoms with Gasteiger partial charge in [0.05, 0.1) is 13.2 Å². The second-order valence-corrected chi connectivity index (χ2v) is 6.72. The van der Waals surface area contributed by atoms with Gasteiger partial charge in [-0.15, -0.1) is 0 Å². The van der Waals surface area contributed by atoms with Crippen LogP contribution in [0.25, 0.3) is 21.7 Å². The first-order valence-corrected chi connectivity index (χ1v) is 8.82. The number of benzene rings is 2. The number of ether oxygens (including phenoxy) is 1. The van der Waals surface area contributed by atoms with Crippen molar-refractivity contribution < 1.29 is 9.53 Å². The Kier molecular flexibility index (Phi) is 4.42. The highest BCUT2D eigenvalue weighted by molar-refractivity contribution is 6.09. The summed E-state index contributed by atoms with van der Waals surface area (Å²) in [7, 11) is 0. The molecular weight excluding hydrogens is 314 g/mol. The van der Waals surface area contributed by atoms with Crippen LogP contribution in [-0.4, -0.2) is 54.7 Å². The second kappa shape index (κ2) is 6.86. The van der Waals surface area contributed by atoms with E-state index in [1.165, 1.54) is 5.39 Å². The largest absolute Gasteiger partial charge is 0.379 e. The summed E-state index contributed by atoms with van der Waals surface area (Å²) in [6, 6.07) is 14.4. The normalized spacial score (nSPS) is 17.0. The quantitative estimate of drug-likeness (QED) is 0.770. The van der Waals surface area contributed by atoms with Gasteiger partial charge in [-0.1, -0.05) is 30.3 Å². The van der Waals surface area contributed by atoms with Crippen LogP contribution in [0.15, 0.2) is 42.5 Å². The minimum Gasteiger partial charge on any atom is -0.379 e. The number of rotatable bonds is 4. The van der Waals surface area contributed by atoms with Crippen LogP contribution in [0.4, 0.5) is 0 Å². The number of aromatic amines is 1. The standard InChI is InChI=1S/C20H23N3O2/c1-14(13-23-8-10-25-11-9-23)21-20(24)19-12-17-16-5-3-2-4-15(16)6-7-18(17)22-19/h2-7,12,14,22H,8-11,13H2,1H3,(H,21,24). The van der Waals surface area contributed by atoms with E-state index in [2.05, 4.69) is 33.4 Å². The van der Waals surface area contributed by atoms with Crippen LogP contribution in [0.2, 0.25) is 0 Å². The zero-order valence-electron chi connectivity index (χ0n) is 14.4. The minimum atomic E-state index is -0.0546. The molecule has 1 saturated heterocycles. The maximum absolute atomic E-state index is 12.6. The summed E-state index contributed by atoms with van der Waals surface area (Å²) in [4.78, 5) is 18.2. The SMILES string of the molecule is CC(CN1CCOCC1)NC(=O)c1cc2c(ccc3ccccc32)[nH]1. The Morgan fingerprint density at radius 1 is 1.20 bits per heavy atom. The van der Waals surface area contributed by atoms with Crippen LogP contribution in [0.3, 0.4) is 0 Å². The summed E-state index contributed by atoms with van der Waals surface area (Å²) in [5.74, 6) is -0.0546. The number of aromatic nitrogens is 1. The van der Waals surface area contributed by atoms with Gasteiger partial charge in [0.25, 0.3) is 5.91 Å². The van der Waals surface area contributed by atoms with Crippen molar-refractivity contribution in [3.05, 3.63) is 48.2 Å². The molecule has 1 fully saturated rings. The fourth-order valence-corrected chi connectivity index (χ4v) is 3.53. The van der Waals surface area contributed by atoms with Gasteiger partial charge in [0.2, 0.25) is 0 Å². The van der Waals surface area contributed by atoms with Crippen molar-refractivity contribution in [1.29, 1.82) is 0 Å². The van der Waals surface area contributed by atoms with Gasteiger partial charge in [-0.3, -0.25) is 9.69 Å². The van der Waals surface area contributed by atoms with E-state index in [0.717, 1.165) is 49.1 Å². The molecule has 3 aromatic rings. The van der Waals surface area contributed by atoms with Crippen LogP contribution in [0, 0.1) is 0 Å². The molecule has 2 N–H and O–H groups in total. The third-order valence-corrected chi connectivity index (χ3v) is 4.79. The van der Waals surface area contributed by atoms with Crippen LogP contribution < -0.4 is 5.32 Å². The summed E-state index contributed by atoms with van der Waals surface area (Å²) >= 11 is 0. The molecule has 130 valence electrons. The number of nitrogens with zero attached hydrogens (tertiary/aromatic N) is 1. The summed E-state index contributed by atoms with van der Waals surface area (Å²) in [5.41, 5.74) is 1.60. The van der Waals surface area contributed by atoms with E-state index in [-0.39, 0.29) is 11.9 Å². The van der Waals surface area contributed by atoms with Gasteiger partial charge >= 0.3 is 0 Å². The van der Waals surface area contributed by atoms with Crippen LogP contribution >= 0.6 is 0 Å². The number of H-pyrrole nitrogens is 1. The van der Waals surface area contributed by atoms with E-state index in [4.69, 9.17) is 4.74 Å². The van der Waals surface area contributed by atoms with Crippen LogP contribution in [0.5, 0.6) is 0 Å². The average Bonchev–Trinajstić information content (AvgIpc) is 3.07. The van der Waals surface area contributed by atoms with Crippen molar-refractivity contribution in [3.63, 3.8) is 0 Å². The topological polar surface area (TPSA) is 57.4 Å². The van der Waals surface area contributed by atoms with E-state index in [1.807, 2.05) is 31.2 Å². The number of hydrogen-bond acceptors (Lipinski definition) is 3. The highest BCUT2D eigenvalue weighted by Gasteiger charge is 2.17. The zero-order chi connectivity index (χ0) is 17.2. The highest BCUT2D eigenvalue weighted by Crippen LogP contribution is 2.25. The number of morpholine rings is 1. The van der Waals surface area contributed by atoms with Crippen molar-refractivity contribution >= 4 is 27.6 Å². The first kappa shape index (κ1) is 16.1. The molecule has 1 aromatic heterocycles. The Labute approximate surface area is 147 Å². The Balaban J connectivity index is 1.50. The van der Waals surface area contributed by atoms with E-state index in [9.17, 15) is 4.79 Å². The first-order chi connectivity index (χ1) is 12.2. The molecule has 25 heavy (non-hydrogen) atoms. The zero-order valence-corrected chi connectivity index (χ0v) is 14.4. The Morgan fingerprint density at radius 3 is 2.84 bits per heavy atom. The van der Waals surface area contributed by atoms with Gasteiger partial charge in [-0.25, -0.2) is 0 Å². The van der Waals surface area contributed by atoms with Crippen molar-refractivity contribution in [2.24, 2.45) is 0 Å². The number of carbonyl (C=O) groups excluding carboxylic acids is 1. The molecule has 1 atom stereocenters. The van der Waals surface area contributed by atoms with Crippen molar-refractivity contribution in [2.75, 3.05) is 32.8 Å². The predicted molar refractivity (Wildman–Crippen MR) is 100.0 cm³/mol. The molecule has 0 radical (unpaired) electrons. The summed E-state index contributed by atoms with van der Waals surface area (Å²) < 4.78 is 5.37. The van der Waals surface area contributed by atoms with E-state index >= 15 is 0 Å². The van der Waals surface area contributed by atoms with E-state index in [0.29, 0.717) is 5.69 Å². The lowest BCUT2D eigenvalue weighted by atomic mass is 10.1. The fraction of sp³-hybridized carbons (Fsp3) is 0.350. The second-order valence-electron chi connectivity index (χ2n) is 6.72. The maximum atomic E-state index is 12.6. The number of amides is 1. The van der Waals surface area contributed by atoms with Crippen molar-refractivity contribution in [3.8, 4) is 0 Å². The summed E-state index contributed by atoms with van der Waals surface area (Å²) in [6.07, 6.45) is 0. The molecule has 0 saturated carbocycles. The van der Waals surface area contributed by atoms with Gasteiger partial charge in [0.1, 0.15) is 5.69 Å². The molecule has 2 heterocycles. The smallest absolute Gasteiger partial charge is 0.267 e. The highest BCUT2D eigenvalue weighted by atomic mass is 16.5. The summed E-state index contributed by atoms with van der Waals surface area (Å²) in [6.45, 7) is 6.30. The molecule has 2 aromatic carbocycles. The molecule has 1 aliphatic heterocycles. The molecule has 1 amide bonds. The molecule has 1 aliphatic rings. The van der Waals surface area contributed by atoms with Gasteiger partial charge in [-0.2, -0.15) is 0 Å². The van der Waals surface area contributed by atoms with Gasteiger partial charge < -0.3 is 15.0 Å². The van der Waals surface area contributed by atoms with Gasteiger partial charge in [0, 0.05) is 36.6 Å². The third kappa shape index (κ3) is 3.38. The molecule has 4 rings (SSSR count). The lowest BCUT2D eigenvalue weighted by Gasteiger charge is -2.29. The number of fused-ring (bicyclic) bond motifs is 3. The third-order valence-electron chi connectivity index (χ3n) is 4.79. The molecule has 1 unspecified atom stereocenters. The Hall–Kier alpha value is -2.37. The first-order valence-electron chi connectivity index (χ1n) is 8.82. The van der Waals surface area contributed by atoms with Crippen molar-refractivity contribution in [2.45, 2.75) is 13.0 Å². The lowest BCUT2D eigenvalue weighted by Crippen LogP contribution is -2.46. The maximum Gasteiger partial charge on any atom is 0.267 e. The molecule has 5 nitrogen and oxygen atoms in total. The lowest BCUT2D eigenvalue weighted by molar-refractivity contribution is 0.0342. The van der Waals surface area contributed by atoms with Crippen molar-refractivity contribution in [1.82, 2.24) is 15.2 Å². The molecule has 5 heteroatoms. The molecule has 0 spiro atoms. The number of carbonyl (C=O) groups is 1. The molecular formula is C20H23N3O2.